The predicted octanol–water partition coefficient (Wildman–Crippen LogP) is -0.728. The predicted molar refractivity (Wildman–Crippen MR) is 107 cm³/mol. The molecule has 1 aliphatic rings. The minimum absolute atomic E-state index is 0. The van der Waals surface area contributed by atoms with Crippen LogP contribution >= 0.6 is 0 Å². The third kappa shape index (κ3) is 5.30. The fourth-order valence-electron chi connectivity index (χ4n) is 3.61. The van der Waals surface area contributed by atoms with E-state index < -0.39 is 0 Å². The first kappa shape index (κ1) is 21.4. The molecule has 0 aliphatic carbocycles. The summed E-state index contributed by atoms with van der Waals surface area (Å²) in [6, 6.07) is 13.1. The van der Waals surface area contributed by atoms with Gasteiger partial charge in [0.2, 0.25) is 0 Å². The summed E-state index contributed by atoms with van der Waals surface area (Å²) < 4.78 is 10.7. The Morgan fingerprint density at radius 1 is 0.889 bits per heavy atom. The molecule has 27 heavy (non-hydrogen) atoms. The first-order valence-electron chi connectivity index (χ1n) is 9.47. The van der Waals surface area contributed by atoms with E-state index in [0.717, 1.165) is 37.6 Å². The van der Waals surface area contributed by atoms with Gasteiger partial charge in [-0.15, -0.1) is 0 Å². The van der Waals surface area contributed by atoms with E-state index in [1.54, 1.807) is 19.1 Å². The van der Waals surface area contributed by atoms with Crippen LogP contribution in [0.3, 0.4) is 0 Å². The van der Waals surface area contributed by atoms with E-state index in [1.807, 2.05) is 6.07 Å². The fourth-order valence-corrected chi connectivity index (χ4v) is 3.61. The van der Waals surface area contributed by atoms with Gasteiger partial charge in [-0.1, -0.05) is 12.1 Å². The van der Waals surface area contributed by atoms with Gasteiger partial charge >= 0.3 is 0 Å². The van der Waals surface area contributed by atoms with Crippen molar-refractivity contribution in [2.45, 2.75) is 20.3 Å². The Kier molecular flexibility index (Phi) is 7.81. The van der Waals surface area contributed by atoms with Gasteiger partial charge in [-0.2, -0.15) is 0 Å². The van der Waals surface area contributed by atoms with Crippen LogP contribution in [0.2, 0.25) is 0 Å². The van der Waals surface area contributed by atoms with Crippen LogP contribution in [0.25, 0.3) is 0 Å². The average Bonchev–Trinajstić information content (AvgIpc) is 2.68. The van der Waals surface area contributed by atoms with Crippen molar-refractivity contribution in [1.29, 1.82) is 0 Å². The van der Waals surface area contributed by atoms with Crippen molar-refractivity contribution < 1.29 is 26.8 Å². The number of hydrogen-bond donors (Lipinski definition) is 1. The average molecular weight is 391 g/mol. The monoisotopic (exact) mass is 390 g/mol. The highest BCUT2D eigenvalue weighted by molar-refractivity contribution is 5.50. The highest BCUT2D eigenvalue weighted by atomic mass is 35.5. The third-order valence-electron chi connectivity index (χ3n) is 5.54. The molecule has 0 amide bonds. The molecule has 1 aliphatic heterocycles. The van der Waals surface area contributed by atoms with E-state index in [9.17, 15) is 0 Å². The zero-order chi connectivity index (χ0) is 18.5. The van der Waals surface area contributed by atoms with Crippen LogP contribution in [0, 0.1) is 13.8 Å². The van der Waals surface area contributed by atoms with Crippen LogP contribution in [0.1, 0.15) is 16.7 Å². The number of halogens is 1. The van der Waals surface area contributed by atoms with Gasteiger partial charge in [0.05, 0.1) is 46.9 Å². The van der Waals surface area contributed by atoms with Gasteiger partial charge in [-0.25, -0.2) is 0 Å². The van der Waals surface area contributed by atoms with Crippen molar-refractivity contribution >= 4 is 5.69 Å². The summed E-state index contributed by atoms with van der Waals surface area (Å²) in [5.74, 6) is 1.62. The van der Waals surface area contributed by atoms with Crippen LogP contribution < -0.4 is 31.7 Å². The number of ether oxygens (including phenoxy) is 2. The molecule has 0 aromatic heterocycles. The van der Waals surface area contributed by atoms with E-state index in [1.165, 1.54) is 35.5 Å². The quantitative estimate of drug-likeness (QED) is 0.704. The Bertz CT molecular complexity index is 743. The topological polar surface area (TPSA) is 26.1 Å². The van der Waals surface area contributed by atoms with Crippen LogP contribution in [0.5, 0.6) is 11.5 Å². The standard InChI is InChI=1S/C22H30N2O2.ClH/c1-17-5-7-20(15-18(17)2)24-13-11-23(12-14-24)10-9-19-6-8-21(25-3)22(16-19)26-4;/h5-8,15-16H,9-14H2,1-4H3;1H. The van der Waals surface area contributed by atoms with Crippen LogP contribution in [-0.2, 0) is 6.42 Å². The summed E-state index contributed by atoms with van der Waals surface area (Å²) in [7, 11) is 3.37. The van der Waals surface area contributed by atoms with Crippen LogP contribution in [0.4, 0.5) is 5.69 Å². The number of benzene rings is 2. The molecule has 3 rings (SSSR count). The van der Waals surface area contributed by atoms with Crippen molar-refractivity contribution in [2.75, 3.05) is 51.8 Å². The number of nitrogens with zero attached hydrogens (tertiary/aromatic N) is 1. The van der Waals surface area contributed by atoms with Crippen molar-refractivity contribution in [2.24, 2.45) is 0 Å². The maximum atomic E-state index is 5.41. The van der Waals surface area contributed by atoms with Gasteiger partial charge in [-0.05, 0) is 54.8 Å². The molecule has 148 valence electrons. The third-order valence-corrected chi connectivity index (χ3v) is 5.54. The van der Waals surface area contributed by atoms with Crippen molar-refractivity contribution in [1.82, 2.24) is 0 Å². The van der Waals surface area contributed by atoms with E-state index in [-0.39, 0.29) is 12.4 Å². The van der Waals surface area contributed by atoms with Crippen molar-refractivity contribution in [3.63, 3.8) is 0 Å². The lowest BCUT2D eigenvalue weighted by Crippen LogP contribution is -3.15. The Morgan fingerprint density at radius 2 is 1.59 bits per heavy atom. The fraction of sp³-hybridized carbons (Fsp3) is 0.455. The number of piperazine rings is 1. The molecule has 1 N–H and O–H groups in total. The van der Waals surface area contributed by atoms with Crippen molar-refractivity contribution in [3.05, 3.63) is 53.1 Å². The Balaban J connectivity index is 0.00000261. The van der Waals surface area contributed by atoms with Crippen LogP contribution in [-0.4, -0.2) is 46.9 Å². The van der Waals surface area contributed by atoms with Gasteiger partial charge in [0, 0.05) is 12.1 Å². The highest BCUT2D eigenvalue weighted by Crippen LogP contribution is 2.27. The van der Waals surface area contributed by atoms with Gasteiger partial charge in [0.1, 0.15) is 0 Å². The maximum Gasteiger partial charge on any atom is 0.160 e. The maximum absolute atomic E-state index is 5.41. The van der Waals surface area contributed by atoms with E-state index in [2.05, 4.69) is 49.1 Å². The molecule has 0 bridgehead atoms. The first-order valence-corrected chi connectivity index (χ1v) is 9.47. The highest BCUT2D eigenvalue weighted by Gasteiger charge is 2.20. The number of aryl methyl sites for hydroxylation is 2. The molecule has 0 spiro atoms. The first-order chi connectivity index (χ1) is 12.6. The summed E-state index contributed by atoms with van der Waals surface area (Å²) >= 11 is 0. The molecule has 0 radical (unpaired) electrons. The Labute approximate surface area is 169 Å². The number of methoxy groups -OCH3 is 2. The molecule has 4 nitrogen and oxygen atoms in total. The minimum atomic E-state index is 0. The number of nitrogens with one attached hydrogen (secondary N) is 1. The normalized spacial score (nSPS) is 14.6. The summed E-state index contributed by atoms with van der Waals surface area (Å²) in [6.07, 6.45) is 1.07. The second-order valence-electron chi connectivity index (χ2n) is 7.19. The largest absolute Gasteiger partial charge is 1.00 e. The number of hydrogen-bond acceptors (Lipinski definition) is 3. The van der Waals surface area contributed by atoms with Crippen molar-refractivity contribution in [3.8, 4) is 11.5 Å². The SMILES string of the molecule is COc1ccc(CC[NH+]2CCN(c3ccc(C)c(C)c3)CC2)cc1OC.[Cl-]. The summed E-state index contributed by atoms with van der Waals surface area (Å²) in [4.78, 5) is 4.20. The van der Waals surface area contributed by atoms with Gasteiger partial charge in [0.25, 0.3) is 0 Å². The Hall–Kier alpha value is -1.91. The summed E-state index contributed by atoms with van der Waals surface area (Å²) in [6.45, 7) is 10.2. The molecule has 2 aromatic carbocycles. The molecular weight excluding hydrogens is 360 g/mol. The molecule has 2 aromatic rings. The molecule has 0 unspecified atom stereocenters. The molecular formula is C22H31ClN2O2. The smallest absolute Gasteiger partial charge is 0.160 e. The van der Waals surface area contributed by atoms with E-state index in [0.29, 0.717) is 0 Å². The lowest BCUT2D eigenvalue weighted by molar-refractivity contribution is -0.900. The minimum Gasteiger partial charge on any atom is -1.00 e. The summed E-state index contributed by atoms with van der Waals surface area (Å²) in [5, 5.41) is 0. The summed E-state index contributed by atoms with van der Waals surface area (Å²) in [5.41, 5.74) is 5.43. The molecule has 0 saturated carbocycles. The lowest BCUT2D eigenvalue weighted by Gasteiger charge is -2.34. The molecule has 1 fully saturated rings. The number of anilines is 1. The van der Waals surface area contributed by atoms with Gasteiger partial charge < -0.3 is 31.7 Å². The number of rotatable bonds is 6. The zero-order valence-electron chi connectivity index (χ0n) is 16.8. The second kappa shape index (κ2) is 9.86. The van der Waals surface area contributed by atoms with Gasteiger partial charge in [-0.3, -0.25) is 0 Å². The lowest BCUT2D eigenvalue weighted by atomic mass is 10.1. The molecule has 1 heterocycles. The molecule has 1 saturated heterocycles. The van der Waals surface area contributed by atoms with E-state index >= 15 is 0 Å². The zero-order valence-corrected chi connectivity index (χ0v) is 17.6. The second-order valence-corrected chi connectivity index (χ2v) is 7.19. The number of quaternary nitrogens is 1. The molecule has 0 atom stereocenters. The van der Waals surface area contributed by atoms with Gasteiger partial charge in [0.15, 0.2) is 11.5 Å². The molecule has 5 heteroatoms. The van der Waals surface area contributed by atoms with E-state index in [4.69, 9.17) is 9.47 Å². The Morgan fingerprint density at radius 3 is 2.22 bits per heavy atom. The van der Waals surface area contributed by atoms with Crippen LogP contribution in [0.15, 0.2) is 36.4 Å².